The summed E-state index contributed by atoms with van der Waals surface area (Å²) in [4.78, 5) is 29.3. The lowest BCUT2D eigenvalue weighted by Crippen LogP contribution is -2.53. The van der Waals surface area contributed by atoms with Crippen LogP contribution in [-0.2, 0) is 32.6 Å². The normalized spacial score (nSPS) is 12.2. The Hall–Kier alpha value is -3.36. The summed E-state index contributed by atoms with van der Waals surface area (Å²) in [5, 5.41) is 3.43. The lowest BCUT2D eigenvalue weighted by atomic mass is 10.0. The van der Waals surface area contributed by atoms with Crippen LogP contribution in [0, 0.1) is 19.8 Å². The van der Waals surface area contributed by atoms with Crippen LogP contribution in [0.25, 0.3) is 0 Å². The van der Waals surface area contributed by atoms with E-state index in [1.165, 1.54) is 4.90 Å². The quantitative estimate of drug-likeness (QED) is 0.320. The molecule has 7 nitrogen and oxygen atoms in total. The number of sulfonamides is 1. The molecule has 3 aromatic rings. The smallest absolute Gasteiger partial charge is 0.244 e. The number of anilines is 1. The van der Waals surface area contributed by atoms with Crippen LogP contribution in [-0.4, -0.2) is 50.5 Å². The van der Waals surface area contributed by atoms with Gasteiger partial charge in [0.25, 0.3) is 0 Å². The van der Waals surface area contributed by atoms with E-state index in [0.29, 0.717) is 22.8 Å². The van der Waals surface area contributed by atoms with Gasteiger partial charge in [-0.3, -0.25) is 13.9 Å². The Balaban J connectivity index is 2.08. The molecule has 0 heterocycles. The number of benzene rings is 3. The molecule has 0 saturated carbocycles. The first-order valence-electron chi connectivity index (χ1n) is 13.3. The predicted molar refractivity (Wildman–Crippen MR) is 162 cm³/mol. The van der Waals surface area contributed by atoms with Crippen LogP contribution in [0.4, 0.5) is 5.69 Å². The monoisotopic (exact) mass is 583 g/mol. The molecule has 214 valence electrons. The fourth-order valence-corrected chi connectivity index (χ4v) is 5.48. The Kier molecular flexibility index (Phi) is 10.8. The summed E-state index contributed by atoms with van der Waals surface area (Å²) < 4.78 is 27.1. The van der Waals surface area contributed by atoms with Gasteiger partial charge in [-0.1, -0.05) is 86.1 Å². The van der Waals surface area contributed by atoms with E-state index in [9.17, 15) is 18.0 Å². The second kappa shape index (κ2) is 13.8. The topological polar surface area (TPSA) is 86.8 Å². The first-order chi connectivity index (χ1) is 18.9. The fourth-order valence-electron chi connectivity index (χ4n) is 4.39. The lowest BCUT2D eigenvalue weighted by Gasteiger charge is -2.34. The summed E-state index contributed by atoms with van der Waals surface area (Å²) in [6.45, 7) is 7.72. The minimum atomic E-state index is -3.83. The minimum absolute atomic E-state index is 0.0372. The van der Waals surface area contributed by atoms with E-state index < -0.39 is 28.5 Å². The van der Waals surface area contributed by atoms with Gasteiger partial charge in [-0.15, -0.1) is 0 Å². The van der Waals surface area contributed by atoms with Gasteiger partial charge in [0.2, 0.25) is 21.8 Å². The minimum Gasteiger partial charge on any atom is -0.354 e. The van der Waals surface area contributed by atoms with Gasteiger partial charge in [-0.05, 0) is 54.2 Å². The summed E-state index contributed by atoms with van der Waals surface area (Å²) in [6.07, 6.45) is 1.33. The summed E-state index contributed by atoms with van der Waals surface area (Å²) >= 11 is 6.49. The Morgan fingerprint density at radius 1 is 0.925 bits per heavy atom. The number of hydrogen-bond donors (Lipinski definition) is 1. The molecule has 0 aliphatic carbocycles. The zero-order valence-corrected chi connectivity index (χ0v) is 25.3. The van der Waals surface area contributed by atoms with E-state index in [1.54, 1.807) is 30.3 Å². The number of nitrogens with zero attached hydrogens (tertiary/aromatic N) is 2. The van der Waals surface area contributed by atoms with Crippen molar-refractivity contribution in [2.24, 2.45) is 5.92 Å². The van der Waals surface area contributed by atoms with E-state index in [-0.39, 0.29) is 24.8 Å². The SMILES string of the molecule is Cc1cccc(N(CC(=O)N(Cc2ccccc2Cl)[C@H](Cc2ccccc2)C(=O)NCC(C)C)S(C)(=O)=O)c1C. The molecule has 1 atom stereocenters. The van der Waals surface area contributed by atoms with Crippen molar-refractivity contribution in [1.82, 2.24) is 10.2 Å². The molecule has 1 N–H and O–H groups in total. The molecule has 40 heavy (non-hydrogen) atoms. The molecule has 3 aromatic carbocycles. The summed E-state index contributed by atoms with van der Waals surface area (Å²) in [6, 6.07) is 21.0. The molecule has 2 amide bonds. The molecular formula is C31H38ClN3O4S. The zero-order chi connectivity index (χ0) is 29.4. The van der Waals surface area contributed by atoms with Gasteiger partial charge in [0.1, 0.15) is 12.6 Å². The number of aryl methyl sites for hydroxylation is 1. The number of nitrogens with one attached hydrogen (secondary N) is 1. The van der Waals surface area contributed by atoms with Crippen molar-refractivity contribution in [3.05, 3.63) is 100 Å². The molecule has 0 aromatic heterocycles. The van der Waals surface area contributed by atoms with Gasteiger partial charge in [-0.2, -0.15) is 0 Å². The van der Waals surface area contributed by atoms with Gasteiger partial charge < -0.3 is 10.2 Å². The molecule has 9 heteroatoms. The maximum atomic E-state index is 14.2. The molecule has 0 unspecified atom stereocenters. The second-order valence-electron chi connectivity index (χ2n) is 10.4. The van der Waals surface area contributed by atoms with Crippen molar-refractivity contribution < 1.29 is 18.0 Å². The second-order valence-corrected chi connectivity index (χ2v) is 12.8. The molecule has 0 saturated heterocycles. The number of carbonyl (C=O) groups excluding carboxylic acids is 2. The van der Waals surface area contributed by atoms with Crippen molar-refractivity contribution in [1.29, 1.82) is 0 Å². The third-order valence-electron chi connectivity index (χ3n) is 6.78. The number of rotatable bonds is 12. The highest BCUT2D eigenvalue weighted by Crippen LogP contribution is 2.26. The zero-order valence-electron chi connectivity index (χ0n) is 23.7. The van der Waals surface area contributed by atoms with E-state index in [2.05, 4.69) is 5.32 Å². The summed E-state index contributed by atoms with van der Waals surface area (Å²) in [5.74, 6) is -0.610. The number of amides is 2. The Morgan fingerprint density at radius 3 is 2.20 bits per heavy atom. The van der Waals surface area contributed by atoms with Crippen LogP contribution in [0.15, 0.2) is 72.8 Å². The first-order valence-corrected chi connectivity index (χ1v) is 15.5. The van der Waals surface area contributed by atoms with Crippen LogP contribution in [0.5, 0.6) is 0 Å². The van der Waals surface area contributed by atoms with Crippen molar-refractivity contribution in [2.45, 2.75) is 46.7 Å². The first kappa shape index (κ1) is 31.2. The molecule has 0 radical (unpaired) electrons. The lowest BCUT2D eigenvalue weighted by molar-refractivity contribution is -0.140. The van der Waals surface area contributed by atoms with Gasteiger partial charge in [0, 0.05) is 24.5 Å². The highest BCUT2D eigenvalue weighted by atomic mass is 35.5. The van der Waals surface area contributed by atoms with Gasteiger partial charge in [0.15, 0.2) is 0 Å². The molecule has 0 spiro atoms. The molecule has 0 fully saturated rings. The average molecular weight is 584 g/mol. The van der Waals surface area contributed by atoms with Crippen LogP contribution < -0.4 is 9.62 Å². The van der Waals surface area contributed by atoms with E-state index >= 15 is 0 Å². The van der Waals surface area contributed by atoms with Crippen LogP contribution in [0.3, 0.4) is 0 Å². The number of hydrogen-bond acceptors (Lipinski definition) is 4. The third-order valence-corrected chi connectivity index (χ3v) is 8.27. The maximum Gasteiger partial charge on any atom is 0.244 e. The Morgan fingerprint density at radius 2 is 1.57 bits per heavy atom. The van der Waals surface area contributed by atoms with E-state index in [1.807, 2.05) is 70.2 Å². The van der Waals surface area contributed by atoms with Crippen molar-refractivity contribution in [3.63, 3.8) is 0 Å². The van der Waals surface area contributed by atoms with Crippen molar-refractivity contribution in [3.8, 4) is 0 Å². The molecular weight excluding hydrogens is 546 g/mol. The molecule has 0 bridgehead atoms. The van der Waals surface area contributed by atoms with Crippen LogP contribution in [0.1, 0.15) is 36.1 Å². The summed E-state index contributed by atoms with van der Waals surface area (Å²) in [5.41, 5.74) is 3.62. The standard InChI is InChI=1S/C31H38ClN3O4S/c1-22(2)19-33-31(37)29(18-25-13-7-6-8-14-25)34(20-26-15-9-10-16-27(26)32)30(36)21-35(40(5,38)39)28-17-11-12-23(3)24(28)4/h6-17,22,29H,18-21H2,1-5H3,(H,33,37)/t29-/m1/s1. The Labute approximate surface area is 243 Å². The fraction of sp³-hybridized carbons (Fsp3) is 0.355. The highest BCUT2D eigenvalue weighted by molar-refractivity contribution is 7.92. The van der Waals surface area contributed by atoms with Crippen molar-refractivity contribution >= 4 is 39.1 Å². The number of carbonyl (C=O) groups is 2. The Bertz CT molecular complexity index is 1430. The van der Waals surface area contributed by atoms with Crippen LogP contribution in [0.2, 0.25) is 5.02 Å². The third kappa shape index (κ3) is 8.32. The summed E-state index contributed by atoms with van der Waals surface area (Å²) in [7, 11) is -3.83. The number of halogens is 1. The van der Waals surface area contributed by atoms with E-state index in [0.717, 1.165) is 27.3 Å². The average Bonchev–Trinajstić information content (AvgIpc) is 2.90. The predicted octanol–water partition coefficient (Wildman–Crippen LogP) is 5.14. The van der Waals surface area contributed by atoms with Gasteiger partial charge >= 0.3 is 0 Å². The maximum absolute atomic E-state index is 14.2. The molecule has 0 aliphatic rings. The van der Waals surface area contributed by atoms with Gasteiger partial charge in [-0.25, -0.2) is 8.42 Å². The van der Waals surface area contributed by atoms with E-state index in [4.69, 9.17) is 11.6 Å². The van der Waals surface area contributed by atoms with Crippen molar-refractivity contribution in [2.75, 3.05) is 23.7 Å². The molecule has 0 aliphatic heterocycles. The van der Waals surface area contributed by atoms with Crippen LogP contribution >= 0.6 is 11.6 Å². The van der Waals surface area contributed by atoms with Gasteiger partial charge in [0.05, 0.1) is 11.9 Å². The largest absolute Gasteiger partial charge is 0.354 e. The molecule has 3 rings (SSSR count). The highest BCUT2D eigenvalue weighted by Gasteiger charge is 2.33.